The molecular weight excluding hydrogens is 285 g/mol. The van der Waals surface area contributed by atoms with Gasteiger partial charge in [-0.1, -0.05) is 12.1 Å². The van der Waals surface area contributed by atoms with Gasteiger partial charge in [-0.05, 0) is 49.8 Å². The minimum absolute atomic E-state index is 0.0620. The largest absolute Gasteiger partial charge is 0.354 e. The van der Waals surface area contributed by atoms with Crippen molar-refractivity contribution >= 4 is 11.9 Å². The Morgan fingerprint density at radius 2 is 2.05 bits per heavy atom. The summed E-state index contributed by atoms with van der Waals surface area (Å²) in [6.45, 7) is 4.07. The molecule has 3 amide bonds. The quantitative estimate of drug-likeness (QED) is 0.752. The van der Waals surface area contributed by atoms with Crippen molar-refractivity contribution in [3.63, 3.8) is 0 Å². The Bertz CT molecular complexity index is 558. The van der Waals surface area contributed by atoms with Crippen LogP contribution in [0.4, 0.5) is 9.18 Å². The lowest BCUT2D eigenvalue weighted by Crippen LogP contribution is -2.43. The fourth-order valence-electron chi connectivity index (χ4n) is 2.01. The molecule has 0 radical (unpaired) electrons. The molecule has 1 aliphatic rings. The molecule has 2 rings (SSSR count). The zero-order valence-corrected chi connectivity index (χ0v) is 12.9. The highest BCUT2D eigenvalue weighted by Gasteiger charge is 2.21. The third-order valence-electron chi connectivity index (χ3n) is 3.74. The summed E-state index contributed by atoms with van der Waals surface area (Å²) in [6.07, 6.45) is 2.33. The van der Waals surface area contributed by atoms with Crippen LogP contribution in [0.5, 0.6) is 0 Å². The van der Waals surface area contributed by atoms with Crippen LogP contribution in [-0.4, -0.2) is 25.0 Å². The van der Waals surface area contributed by atoms with Gasteiger partial charge in [0.1, 0.15) is 5.82 Å². The van der Waals surface area contributed by atoms with Crippen LogP contribution >= 0.6 is 0 Å². The average Bonchev–Trinajstić information content (AvgIpc) is 3.30. The van der Waals surface area contributed by atoms with Crippen LogP contribution in [0.3, 0.4) is 0 Å². The van der Waals surface area contributed by atoms with Crippen molar-refractivity contribution in [1.29, 1.82) is 0 Å². The lowest BCUT2D eigenvalue weighted by molar-refractivity contribution is -0.120. The number of halogens is 1. The molecule has 5 nitrogen and oxygen atoms in total. The zero-order chi connectivity index (χ0) is 16.1. The van der Waals surface area contributed by atoms with Crippen LogP contribution in [0.25, 0.3) is 0 Å². The lowest BCUT2D eigenvalue weighted by atomic mass is 10.1. The summed E-state index contributed by atoms with van der Waals surface area (Å²) in [5.41, 5.74) is 1.24. The van der Waals surface area contributed by atoms with Gasteiger partial charge < -0.3 is 16.0 Å². The molecule has 0 aromatic heterocycles. The predicted molar refractivity (Wildman–Crippen MR) is 81.8 cm³/mol. The molecule has 1 aromatic rings. The van der Waals surface area contributed by atoms with Gasteiger partial charge in [0.05, 0.1) is 12.6 Å². The number of aryl methyl sites for hydroxylation is 1. The van der Waals surface area contributed by atoms with Crippen molar-refractivity contribution in [1.82, 2.24) is 16.0 Å². The maximum atomic E-state index is 13.5. The molecule has 0 spiro atoms. The van der Waals surface area contributed by atoms with Gasteiger partial charge in [-0.25, -0.2) is 9.18 Å². The molecule has 0 heterocycles. The number of urea groups is 1. The van der Waals surface area contributed by atoms with Gasteiger partial charge in [0.25, 0.3) is 0 Å². The van der Waals surface area contributed by atoms with E-state index in [0.717, 1.165) is 0 Å². The number of amides is 3. The Morgan fingerprint density at radius 3 is 2.68 bits per heavy atom. The number of hydrogen-bond acceptors (Lipinski definition) is 2. The second kappa shape index (κ2) is 7.24. The summed E-state index contributed by atoms with van der Waals surface area (Å²) in [6, 6.07) is 4.06. The number of hydrogen-bond donors (Lipinski definition) is 3. The predicted octanol–water partition coefficient (Wildman–Crippen LogP) is 2.02. The lowest BCUT2D eigenvalue weighted by Gasteiger charge is -2.15. The Balaban J connectivity index is 1.72. The monoisotopic (exact) mass is 307 g/mol. The Hall–Kier alpha value is -2.11. The molecule has 3 N–H and O–H groups in total. The molecule has 0 unspecified atom stereocenters. The number of rotatable bonds is 6. The summed E-state index contributed by atoms with van der Waals surface area (Å²) >= 11 is 0. The molecule has 1 saturated carbocycles. The van der Waals surface area contributed by atoms with Gasteiger partial charge in [-0.2, -0.15) is 0 Å². The number of benzene rings is 1. The highest BCUT2D eigenvalue weighted by molar-refractivity contribution is 5.84. The topological polar surface area (TPSA) is 70.2 Å². The molecule has 0 bridgehead atoms. The van der Waals surface area contributed by atoms with E-state index in [1.807, 2.05) is 0 Å². The minimum atomic E-state index is -0.449. The summed E-state index contributed by atoms with van der Waals surface area (Å²) in [5.74, 6) is 0.108. The molecule has 0 saturated heterocycles. The van der Waals surface area contributed by atoms with Crippen LogP contribution < -0.4 is 16.0 Å². The first-order valence-corrected chi connectivity index (χ1v) is 7.53. The van der Waals surface area contributed by atoms with E-state index in [2.05, 4.69) is 16.0 Å². The number of carbonyl (C=O) groups is 2. The van der Waals surface area contributed by atoms with Crippen LogP contribution in [0, 0.1) is 18.7 Å². The first kappa shape index (κ1) is 16.3. The summed E-state index contributed by atoms with van der Waals surface area (Å²) < 4.78 is 13.5. The van der Waals surface area contributed by atoms with Crippen molar-refractivity contribution in [3.8, 4) is 0 Å². The molecular formula is C16H22FN3O2. The molecule has 1 aromatic carbocycles. The van der Waals surface area contributed by atoms with Crippen LogP contribution in [0.15, 0.2) is 18.2 Å². The van der Waals surface area contributed by atoms with Crippen molar-refractivity contribution in [2.24, 2.45) is 5.92 Å². The molecule has 1 atom stereocenters. The molecule has 22 heavy (non-hydrogen) atoms. The van der Waals surface area contributed by atoms with Gasteiger partial charge in [-0.3, -0.25) is 4.79 Å². The number of carbonyl (C=O) groups excluding carboxylic acids is 2. The maximum absolute atomic E-state index is 13.5. The fraction of sp³-hybridized carbons (Fsp3) is 0.500. The van der Waals surface area contributed by atoms with Gasteiger partial charge in [0.2, 0.25) is 5.91 Å². The van der Waals surface area contributed by atoms with Crippen LogP contribution in [0.2, 0.25) is 0 Å². The number of nitrogens with one attached hydrogen (secondary N) is 3. The summed E-state index contributed by atoms with van der Waals surface area (Å²) in [5, 5.41) is 7.94. The highest BCUT2D eigenvalue weighted by Crippen LogP contribution is 2.27. The summed E-state index contributed by atoms with van der Waals surface area (Å²) in [4.78, 5) is 23.3. The van der Waals surface area contributed by atoms with Crippen molar-refractivity contribution < 1.29 is 14.0 Å². The molecule has 6 heteroatoms. The van der Waals surface area contributed by atoms with Gasteiger partial charge in [0, 0.05) is 6.54 Å². The third-order valence-corrected chi connectivity index (χ3v) is 3.74. The van der Waals surface area contributed by atoms with Crippen LogP contribution in [0.1, 0.15) is 36.9 Å². The van der Waals surface area contributed by atoms with E-state index in [4.69, 9.17) is 0 Å². The van der Waals surface area contributed by atoms with Crippen molar-refractivity contribution in [2.45, 2.75) is 32.7 Å². The molecule has 1 aliphatic carbocycles. The Kier molecular flexibility index (Phi) is 5.35. The zero-order valence-electron chi connectivity index (χ0n) is 12.9. The first-order chi connectivity index (χ1) is 10.5. The smallest absolute Gasteiger partial charge is 0.315 e. The minimum Gasteiger partial charge on any atom is -0.354 e. The first-order valence-electron chi connectivity index (χ1n) is 7.53. The van der Waals surface area contributed by atoms with E-state index in [1.54, 1.807) is 26.0 Å². The summed E-state index contributed by atoms with van der Waals surface area (Å²) in [7, 11) is 0. The van der Waals surface area contributed by atoms with Gasteiger partial charge >= 0.3 is 6.03 Å². The van der Waals surface area contributed by atoms with E-state index in [-0.39, 0.29) is 24.3 Å². The molecule has 120 valence electrons. The maximum Gasteiger partial charge on any atom is 0.315 e. The highest BCUT2D eigenvalue weighted by atomic mass is 19.1. The normalized spacial score (nSPS) is 15.0. The van der Waals surface area contributed by atoms with Gasteiger partial charge in [-0.15, -0.1) is 0 Å². The fourth-order valence-corrected chi connectivity index (χ4v) is 2.01. The Morgan fingerprint density at radius 1 is 1.32 bits per heavy atom. The molecule has 1 fully saturated rings. The van der Waals surface area contributed by atoms with Crippen LogP contribution in [-0.2, 0) is 4.79 Å². The Labute approximate surface area is 129 Å². The average molecular weight is 307 g/mol. The standard InChI is InChI=1S/C16H22FN3O2/c1-10-3-6-13(7-14(10)17)11(2)20-16(22)19-9-15(21)18-8-12-4-5-12/h3,6-7,11-12H,4-5,8-9H2,1-2H3,(H,18,21)(H2,19,20,22)/t11-/m1/s1. The second-order valence-electron chi connectivity index (χ2n) is 5.80. The van der Waals surface area contributed by atoms with E-state index < -0.39 is 6.03 Å². The van der Waals surface area contributed by atoms with Crippen molar-refractivity contribution in [3.05, 3.63) is 35.1 Å². The van der Waals surface area contributed by atoms with E-state index in [9.17, 15) is 14.0 Å². The van der Waals surface area contributed by atoms with E-state index >= 15 is 0 Å². The molecule has 0 aliphatic heterocycles. The van der Waals surface area contributed by atoms with E-state index in [0.29, 0.717) is 23.6 Å². The van der Waals surface area contributed by atoms with Crippen molar-refractivity contribution in [2.75, 3.05) is 13.1 Å². The third kappa shape index (κ3) is 5.02. The van der Waals surface area contributed by atoms with E-state index in [1.165, 1.54) is 18.9 Å². The second-order valence-corrected chi connectivity index (χ2v) is 5.80. The SMILES string of the molecule is Cc1ccc([C@@H](C)NC(=O)NCC(=O)NCC2CC2)cc1F. The van der Waals surface area contributed by atoms with Gasteiger partial charge in [0.15, 0.2) is 0 Å².